The highest BCUT2D eigenvalue weighted by Crippen LogP contribution is 2.39. The molecule has 2 aromatic heterocycles. The normalized spacial score (nSPS) is 11.8. The molecule has 3 aromatic rings. The van der Waals surface area contributed by atoms with E-state index in [0.717, 1.165) is 28.1 Å². The van der Waals surface area contributed by atoms with E-state index in [2.05, 4.69) is 15.4 Å². The van der Waals surface area contributed by atoms with Crippen LogP contribution < -0.4 is 5.32 Å². The quantitative estimate of drug-likeness (QED) is 0.635. The fourth-order valence-electron chi connectivity index (χ4n) is 2.57. The fourth-order valence-corrected chi connectivity index (χ4v) is 3.25. The molecule has 0 aliphatic carbocycles. The molecule has 0 bridgehead atoms. The van der Waals surface area contributed by atoms with E-state index in [1.54, 1.807) is 35.1 Å². The Bertz CT molecular complexity index is 899. The Morgan fingerprint density at radius 1 is 1.22 bits per heavy atom. The molecule has 23 heavy (non-hydrogen) atoms. The van der Waals surface area contributed by atoms with Crippen molar-refractivity contribution in [3.8, 4) is 0 Å². The van der Waals surface area contributed by atoms with Crippen LogP contribution >= 0.6 is 7.60 Å². The van der Waals surface area contributed by atoms with Gasteiger partial charge in [0.1, 0.15) is 0 Å². The van der Waals surface area contributed by atoms with E-state index >= 15 is 0 Å². The molecule has 0 aliphatic rings. The summed E-state index contributed by atoms with van der Waals surface area (Å²) in [5, 5.41) is 8.63. The second kappa shape index (κ2) is 5.77. The molecule has 3 rings (SSSR count). The molecule has 3 N–H and O–H groups in total. The van der Waals surface area contributed by atoms with E-state index in [4.69, 9.17) is 9.79 Å². The summed E-state index contributed by atoms with van der Waals surface area (Å²) in [6.45, 7) is 1.93. The first-order chi connectivity index (χ1) is 10.8. The molecule has 2 heterocycles. The number of nitrogens with one attached hydrogen (secondary N) is 1. The van der Waals surface area contributed by atoms with Crippen molar-refractivity contribution < 1.29 is 14.4 Å². The van der Waals surface area contributed by atoms with E-state index in [-0.39, 0.29) is 6.16 Å². The number of anilines is 2. The zero-order valence-corrected chi connectivity index (χ0v) is 13.7. The number of rotatable bonds is 4. The smallest absolute Gasteiger partial charge is 0.329 e. The SMILES string of the molecule is Cc1nn(C)c2nccc(Nc3ccc(CP(=O)(O)O)cc3)c12. The minimum atomic E-state index is -4.05. The van der Waals surface area contributed by atoms with Gasteiger partial charge in [0, 0.05) is 18.9 Å². The molecule has 0 atom stereocenters. The van der Waals surface area contributed by atoms with Gasteiger partial charge in [-0.15, -0.1) is 0 Å². The maximum atomic E-state index is 11.0. The lowest BCUT2D eigenvalue weighted by atomic mass is 10.2. The van der Waals surface area contributed by atoms with Crippen molar-refractivity contribution in [1.82, 2.24) is 14.8 Å². The Kier molecular flexibility index (Phi) is 3.93. The number of pyridine rings is 1. The summed E-state index contributed by atoms with van der Waals surface area (Å²) in [7, 11) is -2.20. The molecule has 7 nitrogen and oxygen atoms in total. The molecular formula is C15H17N4O3P. The molecule has 0 radical (unpaired) electrons. The minimum Gasteiger partial charge on any atom is -0.355 e. The summed E-state index contributed by atoms with van der Waals surface area (Å²) in [6, 6.07) is 8.87. The molecule has 1 aromatic carbocycles. The zero-order chi connectivity index (χ0) is 16.6. The average molecular weight is 332 g/mol. The number of hydrogen-bond acceptors (Lipinski definition) is 4. The van der Waals surface area contributed by atoms with Crippen molar-refractivity contribution in [2.45, 2.75) is 13.1 Å². The Morgan fingerprint density at radius 3 is 2.57 bits per heavy atom. The van der Waals surface area contributed by atoms with Gasteiger partial charge in [-0.25, -0.2) is 4.98 Å². The molecule has 120 valence electrons. The largest absolute Gasteiger partial charge is 0.355 e. The van der Waals surface area contributed by atoms with Crippen molar-refractivity contribution in [1.29, 1.82) is 0 Å². The maximum Gasteiger partial charge on any atom is 0.329 e. The van der Waals surface area contributed by atoms with Crippen molar-refractivity contribution in [3.05, 3.63) is 47.8 Å². The topological polar surface area (TPSA) is 100 Å². The Morgan fingerprint density at radius 2 is 1.91 bits per heavy atom. The van der Waals surface area contributed by atoms with Gasteiger partial charge in [-0.05, 0) is 30.7 Å². The van der Waals surface area contributed by atoms with Crippen LogP contribution in [0.15, 0.2) is 36.5 Å². The van der Waals surface area contributed by atoms with Crippen LogP contribution in [0.5, 0.6) is 0 Å². The van der Waals surface area contributed by atoms with Crippen molar-refractivity contribution in [2.75, 3.05) is 5.32 Å². The minimum absolute atomic E-state index is 0.255. The van der Waals surface area contributed by atoms with Gasteiger partial charge in [-0.3, -0.25) is 9.25 Å². The van der Waals surface area contributed by atoms with Gasteiger partial charge in [0.25, 0.3) is 0 Å². The van der Waals surface area contributed by atoms with E-state index in [0.29, 0.717) is 5.56 Å². The van der Waals surface area contributed by atoms with E-state index in [9.17, 15) is 4.57 Å². The summed E-state index contributed by atoms with van der Waals surface area (Å²) in [5.74, 6) is 0. The molecular weight excluding hydrogens is 315 g/mol. The first-order valence-electron chi connectivity index (χ1n) is 7.02. The second-order valence-electron chi connectivity index (χ2n) is 5.41. The summed E-state index contributed by atoms with van der Waals surface area (Å²) in [6.07, 6.45) is 1.46. The van der Waals surface area contributed by atoms with E-state index < -0.39 is 7.60 Å². The summed E-state index contributed by atoms with van der Waals surface area (Å²) < 4.78 is 12.8. The van der Waals surface area contributed by atoms with E-state index in [1.165, 1.54) is 0 Å². The third-order valence-corrected chi connectivity index (χ3v) is 4.30. The molecule has 0 aliphatic heterocycles. The van der Waals surface area contributed by atoms with Crippen molar-refractivity contribution in [2.24, 2.45) is 7.05 Å². The van der Waals surface area contributed by atoms with Gasteiger partial charge in [0.05, 0.1) is 22.9 Å². The van der Waals surface area contributed by atoms with Crippen LogP contribution in [0.4, 0.5) is 11.4 Å². The van der Waals surface area contributed by atoms with Gasteiger partial charge in [0.15, 0.2) is 5.65 Å². The van der Waals surface area contributed by atoms with Crippen LogP contribution in [0.25, 0.3) is 11.0 Å². The Balaban J connectivity index is 1.89. The summed E-state index contributed by atoms with van der Waals surface area (Å²) in [4.78, 5) is 22.3. The highest BCUT2D eigenvalue weighted by atomic mass is 31.2. The predicted octanol–water partition coefficient (Wildman–Crippen LogP) is 2.70. The predicted molar refractivity (Wildman–Crippen MR) is 88.7 cm³/mol. The van der Waals surface area contributed by atoms with Gasteiger partial charge < -0.3 is 15.1 Å². The molecule has 0 saturated heterocycles. The van der Waals surface area contributed by atoms with E-state index in [1.807, 2.05) is 20.0 Å². The molecule has 0 spiro atoms. The monoisotopic (exact) mass is 332 g/mol. The van der Waals surface area contributed by atoms with Crippen molar-refractivity contribution in [3.63, 3.8) is 0 Å². The number of benzene rings is 1. The Hall–Kier alpha value is -2.21. The number of hydrogen-bond donors (Lipinski definition) is 3. The fraction of sp³-hybridized carbons (Fsp3) is 0.200. The standard InChI is InChI=1S/C15H17N4O3P/c1-10-14-13(7-8-16-15(14)19(2)18-10)17-12-5-3-11(4-6-12)9-23(20,21)22/h3-8H,9H2,1-2H3,(H,16,17)(H2,20,21,22). The lowest BCUT2D eigenvalue weighted by Gasteiger charge is -2.09. The second-order valence-corrected chi connectivity index (χ2v) is 7.06. The zero-order valence-electron chi connectivity index (χ0n) is 12.8. The Labute approximate surface area is 133 Å². The third-order valence-electron chi connectivity index (χ3n) is 3.52. The third kappa shape index (κ3) is 3.42. The number of nitrogens with zero attached hydrogens (tertiary/aromatic N) is 3. The molecule has 0 amide bonds. The van der Waals surface area contributed by atoms with Crippen LogP contribution in [0.2, 0.25) is 0 Å². The molecule has 0 saturated carbocycles. The molecule has 0 unspecified atom stereocenters. The number of aryl methyl sites for hydroxylation is 2. The number of fused-ring (bicyclic) bond motifs is 1. The molecule has 0 fully saturated rings. The van der Waals surface area contributed by atoms with Gasteiger partial charge >= 0.3 is 7.60 Å². The van der Waals surface area contributed by atoms with Crippen LogP contribution in [0, 0.1) is 6.92 Å². The molecule has 8 heteroatoms. The average Bonchev–Trinajstić information content (AvgIpc) is 2.76. The summed E-state index contributed by atoms with van der Waals surface area (Å²) in [5.41, 5.74) is 4.00. The van der Waals surface area contributed by atoms with Crippen LogP contribution in [-0.2, 0) is 17.8 Å². The highest BCUT2D eigenvalue weighted by molar-refractivity contribution is 7.50. The van der Waals surface area contributed by atoms with Crippen LogP contribution in [-0.4, -0.2) is 24.6 Å². The van der Waals surface area contributed by atoms with Gasteiger partial charge in [-0.2, -0.15) is 5.10 Å². The first kappa shape index (κ1) is 15.7. The van der Waals surface area contributed by atoms with Crippen LogP contribution in [0.3, 0.4) is 0 Å². The number of aromatic nitrogens is 3. The highest BCUT2D eigenvalue weighted by Gasteiger charge is 2.14. The first-order valence-corrected chi connectivity index (χ1v) is 8.82. The summed E-state index contributed by atoms with van der Waals surface area (Å²) >= 11 is 0. The maximum absolute atomic E-state index is 11.0. The lowest BCUT2D eigenvalue weighted by Crippen LogP contribution is -1.95. The van der Waals surface area contributed by atoms with Gasteiger partial charge in [0.2, 0.25) is 0 Å². The van der Waals surface area contributed by atoms with Crippen LogP contribution in [0.1, 0.15) is 11.3 Å². The lowest BCUT2D eigenvalue weighted by molar-refractivity contribution is 0.371. The van der Waals surface area contributed by atoms with Gasteiger partial charge in [-0.1, -0.05) is 12.1 Å². The van der Waals surface area contributed by atoms with Crippen molar-refractivity contribution >= 4 is 30.0 Å².